The molecule has 13 heavy (non-hydrogen) atoms. The van der Waals surface area contributed by atoms with Crippen molar-refractivity contribution in [3.63, 3.8) is 0 Å². The van der Waals surface area contributed by atoms with Gasteiger partial charge in [-0.05, 0) is 19.3 Å². The van der Waals surface area contributed by atoms with Gasteiger partial charge in [-0.3, -0.25) is 4.79 Å². The van der Waals surface area contributed by atoms with Crippen molar-refractivity contribution in [2.75, 3.05) is 6.54 Å². The second kappa shape index (κ2) is 3.64. The van der Waals surface area contributed by atoms with Crippen LogP contribution in [0.4, 0.5) is 0 Å². The maximum absolute atomic E-state index is 11.5. The highest BCUT2D eigenvalue weighted by Gasteiger charge is 2.53. The van der Waals surface area contributed by atoms with Crippen LogP contribution in [0, 0.1) is 5.41 Å². The van der Waals surface area contributed by atoms with E-state index in [0.29, 0.717) is 19.4 Å². The molecule has 0 aromatic carbocycles. The predicted molar refractivity (Wildman–Crippen MR) is 48.4 cm³/mol. The van der Waals surface area contributed by atoms with Gasteiger partial charge in [-0.15, -0.1) is 0 Å². The van der Waals surface area contributed by atoms with E-state index in [2.05, 4.69) is 10.5 Å². The minimum absolute atomic E-state index is 0.0288. The lowest BCUT2D eigenvalue weighted by Gasteiger charge is -2.12. The third-order valence-corrected chi connectivity index (χ3v) is 2.32. The van der Waals surface area contributed by atoms with Crippen molar-refractivity contribution in [3.8, 4) is 0 Å². The van der Waals surface area contributed by atoms with Gasteiger partial charge < -0.3 is 16.3 Å². The summed E-state index contributed by atoms with van der Waals surface area (Å²) in [5.74, 6) is -0.0919. The number of nitrogens with zero attached hydrogens (tertiary/aromatic N) is 1. The van der Waals surface area contributed by atoms with Crippen molar-refractivity contribution < 1.29 is 10.0 Å². The monoisotopic (exact) mass is 185 g/mol. The van der Waals surface area contributed by atoms with E-state index in [4.69, 9.17) is 10.9 Å². The number of amidine groups is 1. The Bertz CT molecular complexity index is 234. The number of nitrogens with one attached hydrogen (secondary N) is 1. The molecular formula is C8H15N3O2. The van der Waals surface area contributed by atoms with Crippen LogP contribution in [0.3, 0.4) is 0 Å². The van der Waals surface area contributed by atoms with E-state index >= 15 is 0 Å². The molecule has 0 heterocycles. The van der Waals surface area contributed by atoms with E-state index in [1.54, 1.807) is 0 Å². The molecule has 1 amide bonds. The molecule has 1 saturated carbocycles. The van der Waals surface area contributed by atoms with E-state index in [1.807, 2.05) is 6.92 Å². The Morgan fingerprint density at radius 3 is 2.69 bits per heavy atom. The fraction of sp³-hybridized carbons (Fsp3) is 0.750. The molecule has 5 nitrogen and oxygen atoms in total. The number of carbonyl (C=O) groups is 1. The Balaban J connectivity index is 2.55. The van der Waals surface area contributed by atoms with Gasteiger partial charge >= 0.3 is 0 Å². The summed E-state index contributed by atoms with van der Waals surface area (Å²) >= 11 is 0. The maximum Gasteiger partial charge on any atom is 0.233 e. The Hall–Kier alpha value is -1.26. The lowest BCUT2D eigenvalue weighted by molar-refractivity contribution is -0.124. The molecule has 0 bridgehead atoms. The van der Waals surface area contributed by atoms with Crippen LogP contribution in [0.25, 0.3) is 0 Å². The highest BCUT2D eigenvalue weighted by Crippen LogP contribution is 2.45. The largest absolute Gasteiger partial charge is 0.409 e. The van der Waals surface area contributed by atoms with Crippen LogP contribution in [-0.4, -0.2) is 23.5 Å². The molecular weight excluding hydrogens is 170 g/mol. The Morgan fingerprint density at radius 1 is 1.69 bits per heavy atom. The summed E-state index contributed by atoms with van der Waals surface area (Å²) in [6.45, 7) is 2.61. The molecule has 4 N–H and O–H groups in total. The van der Waals surface area contributed by atoms with E-state index < -0.39 is 5.41 Å². The highest BCUT2D eigenvalue weighted by atomic mass is 16.4. The molecule has 5 heteroatoms. The van der Waals surface area contributed by atoms with Crippen molar-refractivity contribution in [2.24, 2.45) is 16.3 Å². The summed E-state index contributed by atoms with van der Waals surface area (Å²) in [5, 5.41) is 14.1. The number of carbonyl (C=O) groups excluding carboxylic acids is 1. The van der Waals surface area contributed by atoms with Gasteiger partial charge in [0.25, 0.3) is 0 Å². The average molecular weight is 185 g/mol. The molecule has 0 aromatic rings. The quantitative estimate of drug-likeness (QED) is 0.250. The third-order valence-electron chi connectivity index (χ3n) is 2.32. The molecule has 1 fully saturated rings. The van der Waals surface area contributed by atoms with Gasteiger partial charge in [0, 0.05) is 6.54 Å². The molecule has 74 valence electrons. The number of oxime groups is 1. The molecule has 0 saturated heterocycles. The van der Waals surface area contributed by atoms with Crippen LogP contribution in [0.1, 0.15) is 26.2 Å². The predicted octanol–water partition coefficient (Wildman–Crippen LogP) is 0.0392. The molecule has 0 aromatic heterocycles. The van der Waals surface area contributed by atoms with Crippen LogP contribution in [0.15, 0.2) is 5.16 Å². The van der Waals surface area contributed by atoms with Crippen LogP contribution in [-0.2, 0) is 4.79 Å². The smallest absolute Gasteiger partial charge is 0.233 e. The molecule has 0 aliphatic heterocycles. The average Bonchev–Trinajstić information content (AvgIpc) is 2.93. The summed E-state index contributed by atoms with van der Waals surface area (Å²) < 4.78 is 0. The first-order valence-corrected chi connectivity index (χ1v) is 4.43. The summed E-state index contributed by atoms with van der Waals surface area (Å²) in [7, 11) is 0. The van der Waals surface area contributed by atoms with Gasteiger partial charge in [-0.25, -0.2) is 0 Å². The minimum Gasteiger partial charge on any atom is -0.409 e. The van der Waals surface area contributed by atoms with Gasteiger partial charge in [-0.1, -0.05) is 12.1 Å². The molecule has 0 unspecified atom stereocenters. The van der Waals surface area contributed by atoms with Crippen molar-refractivity contribution in [1.29, 1.82) is 0 Å². The highest BCUT2D eigenvalue weighted by molar-refractivity contribution is 6.09. The van der Waals surface area contributed by atoms with Crippen molar-refractivity contribution in [2.45, 2.75) is 26.2 Å². The van der Waals surface area contributed by atoms with Crippen LogP contribution in [0.2, 0.25) is 0 Å². The lowest BCUT2D eigenvalue weighted by Crippen LogP contribution is -2.40. The first-order chi connectivity index (χ1) is 6.17. The Morgan fingerprint density at radius 2 is 2.31 bits per heavy atom. The summed E-state index contributed by atoms with van der Waals surface area (Å²) in [4.78, 5) is 11.5. The third kappa shape index (κ3) is 1.74. The summed E-state index contributed by atoms with van der Waals surface area (Å²) in [5.41, 5.74) is 4.72. The second-order valence-corrected chi connectivity index (χ2v) is 3.32. The number of hydrogen-bond donors (Lipinski definition) is 3. The molecule has 1 rings (SSSR count). The molecule has 0 radical (unpaired) electrons. The second-order valence-electron chi connectivity index (χ2n) is 3.32. The number of hydrogen-bond acceptors (Lipinski definition) is 3. The molecule has 1 aliphatic carbocycles. The number of nitrogens with two attached hydrogens (primary N) is 1. The zero-order valence-corrected chi connectivity index (χ0v) is 7.71. The van der Waals surface area contributed by atoms with Crippen LogP contribution < -0.4 is 11.1 Å². The van der Waals surface area contributed by atoms with Gasteiger partial charge in [0.2, 0.25) is 5.91 Å². The summed E-state index contributed by atoms with van der Waals surface area (Å²) in [6, 6.07) is 0. The SMILES string of the molecule is CCCNC(=O)C1(C(N)=NO)CC1. The fourth-order valence-electron chi connectivity index (χ4n) is 1.23. The van der Waals surface area contributed by atoms with E-state index in [1.165, 1.54) is 0 Å². The fourth-order valence-corrected chi connectivity index (χ4v) is 1.23. The van der Waals surface area contributed by atoms with Gasteiger partial charge in [0.15, 0.2) is 5.84 Å². The van der Waals surface area contributed by atoms with Crippen LogP contribution in [0.5, 0.6) is 0 Å². The summed E-state index contributed by atoms with van der Waals surface area (Å²) in [6.07, 6.45) is 2.24. The zero-order chi connectivity index (χ0) is 9.90. The first-order valence-electron chi connectivity index (χ1n) is 4.43. The van der Waals surface area contributed by atoms with E-state index in [-0.39, 0.29) is 11.7 Å². The topological polar surface area (TPSA) is 87.7 Å². The number of amides is 1. The standard InChI is InChI=1S/C8H15N3O2/c1-2-5-10-7(12)8(3-4-8)6(9)11-13/h13H,2-5H2,1H3,(H2,9,11)(H,10,12). The maximum atomic E-state index is 11.5. The number of rotatable bonds is 4. The van der Waals surface area contributed by atoms with Crippen molar-refractivity contribution in [1.82, 2.24) is 5.32 Å². The van der Waals surface area contributed by atoms with E-state index in [0.717, 1.165) is 6.42 Å². The van der Waals surface area contributed by atoms with Gasteiger partial charge in [-0.2, -0.15) is 0 Å². The zero-order valence-electron chi connectivity index (χ0n) is 7.71. The lowest BCUT2D eigenvalue weighted by atomic mass is 10.1. The Labute approximate surface area is 77.0 Å². The Kier molecular flexibility index (Phi) is 2.75. The van der Waals surface area contributed by atoms with Gasteiger partial charge in [0.1, 0.15) is 5.41 Å². The van der Waals surface area contributed by atoms with E-state index in [9.17, 15) is 4.79 Å². The van der Waals surface area contributed by atoms with Crippen molar-refractivity contribution >= 4 is 11.7 Å². The molecule has 1 aliphatic rings. The molecule has 0 spiro atoms. The van der Waals surface area contributed by atoms with Crippen molar-refractivity contribution in [3.05, 3.63) is 0 Å². The normalized spacial score (nSPS) is 19.6. The minimum atomic E-state index is -0.704. The van der Waals surface area contributed by atoms with Gasteiger partial charge in [0.05, 0.1) is 0 Å². The first kappa shape index (κ1) is 9.83. The van der Waals surface area contributed by atoms with Crippen LogP contribution >= 0.6 is 0 Å². The molecule has 0 atom stereocenters.